The van der Waals surface area contributed by atoms with Gasteiger partial charge >= 0.3 is 0 Å². The van der Waals surface area contributed by atoms with Gasteiger partial charge in [-0.05, 0) is 43.3 Å². The van der Waals surface area contributed by atoms with E-state index in [2.05, 4.69) is 20.6 Å². The van der Waals surface area contributed by atoms with E-state index < -0.39 is 0 Å². The van der Waals surface area contributed by atoms with Gasteiger partial charge in [-0.2, -0.15) is 10.2 Å². The van der Waals surface area contributed by atoms with Gasteiger partial charge in [-0.15, -0.1) is 0 Å². The van der Waals surface area contributed by atoms with Crippen molar-refractivity contribution in [3.63, 3.8) is 0 Å². The van der Waals surface area contributed by atoms with Gasteiger partial charge in [0.1, 0.15) is 11.4 Å². The summed E-state index contributed by atoms with van der Waals surface area (Å²) in [4.78, 5) is 24.6. The molecule has 162 valence electrons. The van der Waals surface area contributed by atoms with Gasteiger partial charge in [0.2, 0.25) is 0 Å². The van der Waals surface area contributed by atoms with Crippen LogP contribution in [0.15, 0.2) is 77.6 Å². The molecule has 4 aromatic rings. The molecule has 0 unspecified atom stereocenters. The lowest BCUT2D eigenvalue weighted by molar-refractivity contribution is 0.0946. The predicted molar refractivity (Wildman–Crippen MR) is 121 cm³/mol. The van der Waals surface area contributed by atoms with Crippen LogP contribution in [0.3, 0.4) is 0 Å². The van der Waals surface area contributed by atoms with Crippen LogP contribution in [0.5, 0.6) is 5.75 Å². The molecule has 0 saturated carbocycles. The SMILES string of the molecule is CCOc1ccc(-c2ccc(=O)n(CCNC(=O)c3cc(-c4ccccc4)n[nH]3)n2)cc1. The number of nitrogens with zero attached hydrogens (tertiary/aromatic N) is 3. The monoisotopic (exact) mass is 429 g/mol. The number of aromatic amines is 1. The number of hydrogen-bond donors (Lipinski definition) is 2. The first-order valence-electron chi connectivity index (χ1n) is 10.3. The quantitative estimate of drug-likeness (QED) is 0.448. The minimum atomic E-state index is -0.296. The van der Waals surface area contributed by atoms with Gasteiger partial charge in [0.25, 0.3) is 11.5 Å². The number of H-pyrrole nitrogens is 1. The third-order valence-corrected chi connectivity index (χ3v) is 4.83. The van der Waals surface area contributed by atoms with Gasteiger partial charge < -0.3 is 10.1 Å². The number of amides is 1. The van der Waals surface area contributed by atoms with Crippen molar-refractivity contribution in [1.82, 2.24) is 25.3 Å². The summed E-state index contributed by atoms with van der Waals surface area (Å²) in [5.74, 6) is 0.483. The Morgan fingerprint density at radius 2 is 1.75 bits per heavy atom. The van der Waals surface area contributed by atoms with Crippen molar-refractivity contribution >= 4 is 5.91 Å². The summed E-state index contributed by atoms with van der Waals surface area (Å²) in [5.41, 5.74) is 3.27. The van der Waals surface area contributed by atoms with Crippen molar-refractivity contribution in [3.8, 4) is 28.3 Å². The van der Waals surface area contributed by atoms with E-state index in [4.69, 9.17) is 4.74 Å². The van der Waals surface area contributed by atoms with E-state index in [1.165, 1.54) is 10.7 Å². The van der Waals surface area contributed by atoms with Crippen LogP contribution >= 0.6 is 0 Å². The molecule has 32 heavy (non-hydrogen) atoms. The molecule has 0 aliphatic rings. The largest absolute Gasteiger partial charge is 0.494 e. The topological polar surface area (TPSA) is 102 Å². The molecule has 2 N–H and O–H groups in total. The van der Waals surface area contributed by atoms with Crippen LogP contribution < -0.4 is 15.6 Å². The number of carbonyl (C=O) groups is 1. The standard InChI is InChI=1S/C24H23N5O3/c1-2-32-19-10-8-18(9-11-19)20-12-13-23(30)29(28-20)15-14-25-24(31)22-16-21(26-27-22)17-6-4-3-5-7-17/h3-13,16H,2,14-15H2,1H3,(H,25,31)(H,26,27). The van der Waals surface area contributed by atoms with Crippen molar-refractivity contribution in [2.75, 3.05) is 13.2 Å². The summed E-state index contributed by atoms with van der Waals surface area (Å²) in [5, 5.41) is 14.2. The van der Waals surface area contributed by atoms with Crippen LogP contribution in [0.1, 0.15) is 17.4 Å². The lowest BCUT2D eigenvalue weighted by Gasteiger charge is -2.09. The average Bonchev–Trinajstić information content (AvgIpc) is 3.32. The molecule has 2 aromatic carbocycles. The second kappa shape index (κ2) is 9.74. The summed E-state index contributed by atoms with van der Waals surface area (Å²) < 4.78 is 6.80. The van der Waals surface area contributed by atoms with Crippen molar-refractivity contribution in [3.05, 3.63) is 88.8 Å². The summed E-state index contributed by atoms with van der Waals surface area (Å²) in [7, 11) is 0. The molecular formula is C24H23N5O3. The highest BCUT2D eigenvalue weighted by molar-refractivity contribution is 5.93. The molecule has 0 bridgehead atoms. The molecule has 0 aliphatic carbocycles. The molecule has 0 fully saturated rings. The summed E-state index contributed by atoms with van der Waals surface area (Å²) in [6.07, 6.45) is 0. The molecule has 4 rings (SSSR count). The van der Waals surface area contributed by atoms with E-state index in [9.17, 15) is 9.59 Å². The molecule has 8 nitrogen and oxygen atoms in total. The van der Waals surface area contributed by atoms with Crippen molar-refractivity contribution in [2.45, 2.75) is 13.5 Å². The van der Waals surface area contributed by atoms with Gasteiger partial charge in [-0.1, -0.05) is 30.3 Å². The number of rotatable bonds is 8. The minimum absolute atomic E-state index is 0.234. The Balaban J connectivity index is 1.38. The molecule has 2 heterocycles. The molecule has 1 amide bonds. The fraction of sp³-hybridized carbons (Fsp3) is 0.167. The van der Waals surface area contributed by atoms with Gasteiger partial charge in [0.15, 0.2) is 0 Å². The molecule has 0 spiro atoms. The normalized spacial score (nSPS) is 10.7. The van der Waals surface area contributed by atoms with Crippen molar-refractivity contribution in [2.24, 2.45) is 0 Å². The Kier molecular flexibility index (Phi) is 6.41. The van der Waals surface area contributed by atoms with E-state index in [0.29, 0.717) is 23.7 Å². The third kappa shape index (κ3) is 4.92. The summed E-state index contributed by atoms with van der Waals surface area (Å²) >= 11 is 0. The Morgan fingerprint density at radius 3 is 2.50 bits per heavy atom. The zero-order valence-electron chi connectivity index (χ0n) is 17.6. The van der Waals surface area contributed by atoms with Crippen molar-refractivity contribution < 1.29 is 9.53 Å². The molecule has 8 heteroatoms. The second-order valence-corrected chi connectivity index (χ2v) is 7.03. The smallest absolute Gasteiger partial charge is 0.269 e. The fourth-order valence-electron chi connectivity index (χ4n) is 3.22. The van der Waals surface area contributed by atoms with Gasteiger partial charge in [0.05, 0.1) is 24.5 Å². The Labute approximate surface area is 184 Å². The number of nitrogens with one attached hydrogen (secondary N) is 2. The Bertz CT molecular complexity index is 1250. The number of benzene rings is 2. The summed E-state index contributed by atoms with van der Waals surface area (Å²) in [6, 6.07) is 22.0. The first-order chi connectivity index (χ1) is 15.6. The highest BCUT2D eigenvalue weighted by Crippen LogP contribution is 2.20. The lowest BCUT2D eigenvalue weighted by atomic mass is 10.1. The van der Waals surface area contributed by atoms with E-state index >= 15 is 0 Å². The van der Waals surface area contributed by atoms with Gasteiger partial charge in [0, 0.05) is 23.7 Å². The lowest BCUT2D eigenvalue weighted by Crippen LogP contribution is -2.32. The maximum Gasteiger partial charge on any atom is 0.269 e. The van der Waals surface area contributed by atoms with Crippen LogP contribution in [0.2, 0.25) is 0 Å². The van der Waals surface area contributed by atoms with Crippen molar-refractivity contribution in [1.29, 1.82) is 0 Å². The van der Waals surface area contributed by atoms with Gasteiger partial charge in [-0.25, -0.2) is 4.68 Å². The zero-order valence-corrected chi connectivity index (χ0v) is 17.6. The second-order valence-electron chi connectivity index (χ2n) is 7.03. The zero-order chi connectivity index (χ0) is 22.3. The number of hydrogen-bond acceptors (Lipinski definition) is 5. The number of carbonyl (C=O) groups excluding carboxylic acids is 1. The molecular weight excluding hydrogens is 406 g/mol. The first kappa shape index (κ1) is 21.0. The van der Waals surface area contributed by atoms with E-state index in [0.717, 1.165) is 16.9 Å². The maximum absolute atomic E-state index is 12.4. The third-order valence-electron chi connectivity index (χ3n) is 4.83. The van der Waals surface area contributed by atoms with Crippen LogP contribution in [0.4, 0.5) is 0 Å². The molecule has 0 saturated heterocycles. The highest BCUT2D eigenvalue weighted by Gasteiger charge is 2.11. The molecule has 2 aromatic heterocycles. The predicted octanol–water partition coefficient (Wildman–Crippen LogP) is 3.13. The number of ether oxygens (including phenoxy) is 1. The van der Waals surface area contributed by atoms with E-state index in [1.54, 1.807) is 12.1 Å². The first-order valence-corrected chi connectivity index (χ1v) is 10.3. The van der Waals surface area contributed by atoms with E-state index in [1.807, 2.05) is 61.5 Å². The van der Waals surface area contributed by atoms with Crippen LogP contribution in [-0.4, -0.2) is 39.0 Å². The van der Waals surface area contributed by atoms with Crippen LogP contribution in [0, 0.1) is 0 Å². The molecule has 0 radical (unpaired) electrons. The van der Waals surface area contributed by atoms with Crippen LogP contribution in [-0.2, 0) is 6.54 Å². The highest BCUT2D eigenvalue weighted by atomic mass is 16.5. The minimum Gasteiger partial charge on any atom is -0.494 e. The molecule has 0 atom stereocenters. The maximum atomic E-state index is 12.4. The number of aromatic nitrogens is 4. The Morgan fingerprint density at radius 1 is 1.00 bits per heavy atom. The average molecular weight is 429 g/mol. The Hall–Kier alpha value is -4.20. The van der Waals surface area contributed by atoms with Crippen LogP contribution in [0.25, 0.3) is 22.5 Å². The molecule has 0 aliphatic heterocycles. The summed E-state index contributed by atoms with van der Waals surface area (Å²) in [6.45, 7) is 3.02. The van der Waals surface area contributed by atoms with E-state index in [-0.39, 0.29) is 24.6 Å². The fourth-order valence-corrected chi connectivity index (χ4v) is 3.22. The van der Waals surface area contributed by atoms with Gasteiger partial charge in [-0.3, -0.25) is 14.7 Å².